The summed E-state index contributed by atoms with van der Waals surface area (Å²) in [6.45, 7) is 3.94. The number of nitrogens with one attached hydrogen (secondary N) is 1. The number of hydrogen-bond acceptors (Lipinski definition) is 4. The highest BCUT2D eigenvalue weighted by Gasteiger charge is 2.08. The van der Waals surface area contributed by atoms with Crippen molar-refractivity contribution in [1.82, 2.24) is 9.97 Å². The van der Waals surface area contributed by atoms with Crippen LogP contribution in [-0.2, 0) is 0 Å². The van der Waals surface area contributed by atoms with Crippen molar-refractivity contribution in [3.05, 3.63) is 64.9 Å². The summed E-state index contributed by atoms with van der Waals surface area (Å²) in [5.74, 6) is 2.09. The molecule has 0 bridgehead atoms. The molecule has 0 atom stereocenters. The number of benzene rings is 2. The minimum atomic E-state index is 0. The average Bonchev–Trinajstić information content (AvgIpc) is 2.55. The van der Waals surface area contributed by atoms with Crippen LogP contribution in [0.3, 0.4) is 0 Å². The van der Waals surface area contributed by atoms with E-state index in [2.05, 4.69) is 46.5 Å². The zero-order valence-electron chi connectivity index (χ0n) is 14.2. The van der Waals surface area contributed by atoms with Crippen molar-refractivity contribution < 1.29 is 4.74 Å². The van der Waals surface area contributed by atoms with Crippen LogP contribution in [0, 0.1) is 13.8 Å². The van der Waals surface area contributed by atoms with E-state index in [-0.39, 0.29) is 12.4 Å². The van der Waals surface area contributed by atoms with Gasteiger partial charge in [-0.05, 0) is 32.0 Å². The number of ether oxygens (including phenoxy) is 1. The third-order valence-corrected chi connectivity index (χ3v) is 3.84. The number of anilines is 2. The summed E-state index contributed by atoms with van der Waals surface area (Å²) in [6.07, 6.45) is 0. The first-order chi connectivity index (χ1) is 11.5. The summed E-state index contributed by atoms with van der Waals surface area (Å²) in [4.78, 5) is 8.98. The molecule has 0 fully saturated rings. The van der Waals surface area contributed by atoms with Crippen molar-refractivity contribution in [3.63, 3.8) is 0 Å². The molecule has 0 saturated carbocycles. The zero-order chi connectivity index (χ0) is 17.1. The molecule has 25 heavy (non-hydrogen) atoms. The molecule has 6 heteroatoms. The highest BCUT2D eigenvalue weighted by molar-refractivity contribution is 6.31. The Balaban J connectivity index is 0.00000225. The maximum absolute atomic E-state index is 6.08. The summed E-state index contributed by atoms with van der Waals surface area (Å²) in [5, 5.41) is 3.89. The quantitative estimate of drug-likeness (QED) is 0.645. The van der Waals surface area contributed by atoms with E-state index in [9.17, 15) is 0 Å². The third-order valence-electron chi connectivity index (χ3n) is 3.61. The van der Waals surface area contributed by atoms with E-state index in [1.807, 2.05) is 25.1 Å². The lowest BCUT2D eigenvalue weighted by molar-refractivity contribution is 0.417. The molecule has 0 aliphatic heterocycles. The molecule has 1 aromatic heterocycles. The van der Waals surface area contributed by atoms with Gasteiger partial charge in [-0.3, -0.25) is 0 Å². The minimum Gasteiger partial charge on any atom is -0.495 e. The van der Waals surface area contributed by atoms with Gasteiger partial charge in [0, 0.05) is 16.7 Å². The van der Waals surface area contributed by atoms with Crippen LogP contribution in [0.25, 0.3) is 11.3 Å². The van der Waals surface area contributed by atoms with Gasteiger partial charge in [-0.15, -0.1) is 12.4 Å². The van der Waals surface area contributed by atoms with Crippen molar-refractivity contribution in [2.75, 3.05) is 12.4 Å². The highest BCUT2D eigenvalue weighted by Crippen LogP contribution is 2.31. The monoisotopic (exact) mass is 375 g/mol. The van der Waals surface area contributed by atoms with Crippen molar-refractivity contribution in [2.45, 2.75) is 13.8 Å². The van der Waals surface area contributed by atoms with Gasteiger partial charge >= 0.3 is 0 Å². The van der Waals surface area contributed by atoms with E-state index in [1.54, 1.807) is 13.2 Å². The van der Waals surface area contributed by atoms with E-state index in [0.29, 0.717) is 22.4 Å². The van der Waals surface area contributed by atoms with Gasteiger partial charge in [-0.2, -0.15) is 0 Å². The Morgan fingerprint density at radius 1 is 0.960 bits per heavy atom. The Kier molecular flexibility index (Phi) is 6.23. The fraction of sp³-hybridized carbons (Fsp3) is 0.158. The second-order valence-electron chi connectivity index (χ2n) is 5.52. The zero-order valence-corrected chi connectivity index (χ0v) is 15.8. The average molecular weight is 376 g/mol. The first-order valence-corrected chi connectivity index (χ1v) is 7.96. The first kappa shape index (κ1) is 19.0. The van der Waals surface area contributed by atoms with Crippen LogP contribution >= 0.6 is 24.0 Å². The SMILES string of the molecule is COc1ccc(Cl)cc1Nc1cc(-c2ccc(C)cc2)nc(C)n1.Cl. The largest absolute Gasteiger partial charge is 0.495 e. The summed E-state index contributed by atoms with van der Waals surface area (Å²) in [5.41, 5.74) is 3.89. The number of hydrogen-bond donors (Lipinski definition) is 1. The van der Waals surface area contributed by atoms with E-state index < -0.39 is 0 Å². The standard InChI is InChI=1S/C19H18ClN3O.ClH/c1-12-4-6-14(7-5-12)16-11-19(22-13(2)21-16)23-17-10-15(20)8-9-18(17)24-3;/h4-11H,1-3H3,(H,21,22,23);1H. The number of aryl methyl sites for hydroxylation is 2. The molecule has 3 rings (SSSR count). The molecule has 0 aliphatic rings. The van der Waals surface area contributed by atoms with Gasteiger partial charge in [0.2, 0.25) is 0 Å². The van der Waals surface area contributed by atoms with E-state index in [1.165, 1.54) is 5.56 Å². The summed E-state index contributed by atoms with van der Waals surface area (Å²) in [7, 11) is 1.62. The molecule has 0 radical (unpaired) electrons. The molecule has 0 aliphatic carbocycles. The van der Waals surface area contributed by atoms with Crippen LogP contribution in [0.1, 0.15) is 11.4 Å². The van der Waals surface area contributed by atoms with Gasteiger partial charge in [0.05, 0.1) is 18.5 Å². The van der Waals surface area contributed by atoms with Gasteiger partial charge in [-0.25, -0.2) is 9.97 Å². The molecule has 0 amide bonds. The third kappa shape index (κ3) is 4.62. The Labute approximate surface area is 158 Å². The molecule has 0 unspecified atom stereocenters. The molecule has 4 nitrogen and oxygen atoms in total. The minimum absolute atomic E-state index is 0. The van der Waals surface area contributed by atoms with Crippen LogP contribution in [0.4, 0.5) is 11.5 Å². The summed E-state index contributed by atoms with van der Waals surface area (Å²) >= 11 is 6.08. The van der Waals surface area contributed by atoms with Gasteiger partial charge in [0.25, 0.3) is 0 Å². The number of aromatic nitrogens is 2. The molecule has 1 N–H and O–H groups in total. The van der Waals surface area contributed by atoms with Crippen LogP contribution in [-0.4, -0.2) is 17.1 Å². The van der Waals surface area contributed by atoms with Gasteiger partial charge in [0.15, 0.2) is 0 Å². The van der Waals surface area contributed by atoms with Crippen LogP contribution in [0.5, 0.6) is 5.75 Å². The van der Waals surface area contributed by atoms with Gasteiger partial charge in [0.1, 0.15) is 17.4 Å². The topological polar surface area (TPSA) is 47.0 Å². The van der Waals surface area contributed by atoms with Crippen molar-refractivity contribution in [1.29, 1.82) is 0 Å². The highest BCUT2D eigenvalue weighted by atomic mass is 35.5. The lowest BCUT2D eigenvalue weighted by atomic mass is 10.1. The van der Waals surface area contributed by atoms with E-state index >= 15 is 0 Å². The molecule has 1 heterocycles. The van der Waals surface area contributed by atoms with Crippen LogP contribution < -0.4 is 10.1 Å². The van der Waals surface area contributed by atoms with Crippen LogP contribution in [0.15, 0.2) is 48.5 Å². The first-order valence-electron chi connectivity index (χ1n) is 7.58. The fourth-order valence-corrected chi connectivity index (χ4v) is 2.59. The molecule has 0 saturated heterocycles. The predicted molar refractivity (Wildman–Crippen MR) is 105 cm³/mol. The number of rotatable bonds is 4. The predicted octanol–water partition coefficient (Wildman–Crippen LogP) is 5.59. The Hall–Kier alpha value is -2.30. The van der Waals surface area contributed by atoms with Crippen molar-refractivity contribution in [2.24, 2.45) is 0 Å². The molecule has 2 aromatic carbocycles. The molecular formula is C19H19Cl2N3O. The lowest BCUT2D eigenvalue weighted by Gasteiger charge is -2.12. The Morgan fingerprint density at radius 2 is 1.68 bits per heavy atom. The summed E-state index contributed by atoms with van der Waals surface area (Å²) < 4.78 is 5.37. The molecule has 130 valence electrons. The van der Waals surface area contributed by atoms with Crippen LogP contribution in [0.2, 0.25) is 5.02 Å². The Bertz CT molecular complexity index is 867. The number of methoxy groups -OCH3 is 1. The number of nitrogens with zero attached hydrogens (tertiary/aromatic N) is 2. The lowest BCUT2D eigenvalue weighted by Crippen LogP contribution is -2.00. The maximum atomic E-state index is 6.08. The Morgan fingerprint density at radius 3 is 2.36 bits per heavy atom. The normalized spacial score (nSPS) is 10.1. The summed E-state index contributed by atoms with van der Waals surface area (Å²) in [6, 6.07) is 15.6. The molecule has 0 spiro atoms. The van der Waals surface area contributed by atoms with Crippen molar-refractivity contribution in [3.8, 4) is 17.0 Å². The van der Waals surface area contributed by atoms with E-state index in [4.69, 9.17) is 16.3 Å². The van der Waals surface area contributed by atoms with Gasteiger partial charge < -0.3 is 10.1 Å². The number of halogens is 2. The fourth-order valence-electron chi connectivity index (χ4n) is 2.42. The van der Waals surface area contributed by atoms with Gasteiger partial charge in [-0.1, -0.05) is 41.4 Å². The second kappa shape index (κ2) is 8.19. The second-order valence-corrected chi connectivity index (χ2v) is 5.96. The van der Waals surface area contributed by atoms with E-state index in [0.717, 1.165) is 16.9 Å². The maximum Gasteiger partial charge on any atom is 0.142 e. The smallest absolute Gasteiger partial charge is 0.142 e. The van der Waals surface area contributed by atoms with Crippen molar-refractivity contribution >= 4 is 35.5 Å². The molecular weight excluding hydrogens is 357 g/mol. The molecule has 3 aromatic rings.